The predicted molar refractivity (Wildman–Crippen MR) is 129 cm³/mol. The third kappa shape index (κ3) is 3.92. The lowest BCUT2D eigenvalue weighted by Crippen LogP contribution is -2.42. The quantitative estimate of drug-likeness (QED) is 0.504. The fraction of sp³-hybridized carbons (Fsp3) is 0.407. The summed E-state index contributed by atoms with van der Waals surface area (Å²) in [6.07, 6.45) is 4.39. The Hall–Kier alpha value is -3.08. The molecule has 0 aliphatic carbocycles. The lowest BCUT2D eigenvalue weighted by molar-refractivity contribution is -0.122. The SMILES string of the molecule is CCCCC[C@H](C)NC(=O)CN1C(=O)c2ccccc2[C@@H]1c1c(C)n(C)c2ccccc12. The third-order valence-electron chi connectivity index (χ3n) is 6.74. The monoisotopic (exact) mass is 431 g/mol. The van der Waals surface area contributed by atoms with Crippen LogP contribution in [-0.2, 0) is 11.8 Å². The average Bonchev–Trinajstić information content (AvgIpc) is 3.19. The van der Waals surface area contributed by atoms with Gasteiger partial charge in [-0.1, -0.05) is 62.6 Å². The second-order valence-electron chi connectivity index (χ2n) is 8.96. The van der Waals surface area contributed by atoms with Crippen LogP contribution >= 0.6 is 0 Å². The van der Waals surface area contributed by atoms with Crippen molar-refractivity contribution in [2.45, 2.75) is 58.5 Å². The molecule has 0 saturated heterocycles. The second kappa shape index (κ2) is 9.19. The van der Waals surface area contributed by atoms with Gasteiger partial charge in [0.1, 0.15) is 6.54 Å². The number of rotatable bonds is 8. The highest BCUT2D eigenvalue weighted by molar-refractivity contribution is 6.02. The van der Waals surface area contributed by atoms with Crippen LogP contribution in [-0.4, -0.2) is 33.9 Å². The van der Waals surface area contributed by atoms with Gasteiger partial charge in [-0.25, -0.2) is 0 Å². The predicted octanol–water partition coefficient (Wildman–Crippen LogP) is 5.12. The fourth-order valence-corrected chi connectivity index (χ4v) is 4.99. The molecule has 1 aromatic heterocycles. The summed E-state index contributed by atoms with van der Waals surface area (Å²) >= 11 is 0. The van der Waals surface area contributed by atoms with Gasteiger partial charge in [-0.15, -0.1) is 0 Å². The Bertz CT molecular complexity index is 1150. The Labute approximate surface area is 190 Å². The van der Waals surface area contributed by atoms with Crippen molar-refractivity contribution in [3.8, 4) is 0 Å². The van der Waals surface area contributed by atoms with Crippen molar-refractivity contribution in [3.63, 3.8) is 0 Å². The number of carbonyl (C=O) groups excluding carboxylic acids is 2. The van der Waals surface area contributed by atoms with Crippen molar-refractivity contribution in [3.05, 3.63) is 70.9 Å². The van der Waals surface area contributed by atoms with Gasteiger partial charge in [-0.3, -0.25) is 9.59 Å². The molecule has 3 aromatic rings. The Balaban J connectivity index is 1.68. The lowest BCUT2D eigenvalue weighted by atomic mass is 9.95. The van der Waals surface area contributed by atoms with Crippen molar-refractivity contribution in [1.29, 1.82) is 0 Å². The number of fused-ring (bicyclic) bond motifs is 2. The van der Waals surface area contributed by atoms with Crippen LogP contribution in [0.4, 0.5) is 0 Å². The molecule has 0 bridgehead atoms. The van der Waals surface area contributed by atoms with Crippen molar-refractivity contribution < 1.29 is 9.59 Å². The zero-order valence-corrected chi connectivity index (χ0v) is 19.5. The van der Waals surface area contributed by atoms with Gasteiger partial charge in [-0.2, -0.15) is 0 Å². The van der Waals surface area contributed by atoms with E-state index in [0.717, 1.165) is 47.0 Å². The highest BCUT2D eigenvalue weighted by Gasteiger charge is 2.40. The van der Waals surface area contributed by atoms with Crippen LogP contribution < -0.4 is 5.32 Å². The Morgan fingerprint density at radius 3 is 2.59 bits per heavy atom. The maximum absolute atomic E-state index is 13.4. The number of para-hydroxylation sites is 1. The summed E-state index contributed by atoms with van der Waals surface area (Å²) in [5, 5.41) is 4.23. The number of benzene rings is 2. The van der Waals surface area contributed by atoms with E-state index >= 15 is 0 Å². The molecule has 2 atom stereocenters. The van der Waals surface area contributed by atoms with E-state index < -0.39 is 0 Å². The van der Waals surface area contributed by atoms with E-state index in [4.69, 9.17) is 0 Å². The first-order valence-electron chi connectivity index (χ1n) is 11.7. The summed E-state index contributed by atoms with van der Waals surface area (Å²) in [6, 6.07) is 15.9. The minimum absolute atomic E-state index is 0.0545. The molecule has 5 heteroatoms. The Kier molecular flexibility index (Phi) is 6.35. The first-order chi connectivity index (χ1) is 15.4. The molecule has 1 aliphatic heterocycles. The number of unbranched alkanes of at least 4 members (excludes halogenated alkanes) is 2. The zero-order valence-electron chi connectivity index (χ0n) is 19.5. The second-order valence-corrected chi connectivity index (χ2v) is 8.96. The number of nitrogens with zero attached hydrogens (tertiary/aromatic N) is 2. The molecule has 32 heavy (non-hydrogen) atoms. The number of amides is 2. The smallest absolute Gasteiger partial charge is 0.255 e. The number of aryl methyl sites for hydroxylation is 1. The summed E-state index contributed by atoms with van der Waals surface area (Å²) < 4.78 is 2.17. The summed E-state index contributed by atoms with van der Waals surface area (Å²) in [7, 11) is 2.05. The fourth-order valence-electron chi connectivity index (χ4n) is 4.99. The largest absolute Gasteiger partial charge is 0.352 e. The number of hydrogen-bond donors (Lipinski definition) is 1. The average molecular weight is 432 g/mol. The molecule has 0 saturated carbocycles. The Morgan fingerprint density at radius 1 is 1.09 bits per heavy atom. The van der Waals surface area contributed by atoms with E-state index in [1.165, 1.54) is 6.42 Å². The molecule has 5 nitrogen and oxygen atoms in total. The maximum Gasteiger partial charge on any atom is 0.255 e. The molecule has 2 aromatic carbocycles. The van der Waals surface area contributed by atoms with Crippen molar-refractivity contribution in [2.75, 3.05) is 6.54 Å². The van der Waals surface area contributed by atoms with Crippen LogP contribution in [0.2, 0.25) is 0 Å². The first kappa shape index (κ1) is 22.1. The highest BCUT2D eigenvalue weighted by Crippen LogP contribution is 2.43. The van der Waals surface area contributed by atoms with Gasteiger partial charge < -0.3 is 14.8 Å². The molecule has 0 spiro atoms. The van der Waals surface area contributed by atoms with E-state index in [1.54, 1.807) is 4.90 Å². The van der Waals surface area contributed by atoms with Gasteiger partial charge in [-0.05, 0) is 38.0 Å². The minimum Gasteiger partial charge on any atom is -0.352 e. The zero-order chi connectivity index (χ0) is 22.8. The standard InChI is InChI=1S/C27H33N3O2/c1-5-6-7-12-18(2)28-24(31)17-30-26(20-13-8-9-14-21(20)27(30)32)25-19(3)29(4)23-16-11-10-15-22(23)25/h8-11,13-16,18,26H,5-7,12,17H2,1-4H3,(H,28,31)/t18-,26+/m0/s1. The lowest BCUT2D eigenvalue weighted by Gasteiger charge is -2.26. The molecule has 2 amide bonds. The topological polar surface area (TPSA) is 54.3 Å². The first-order valence-corrected chi connectivity index (χ1v) is 11.7. The van der Waals surface area contributed by atoms with Gasteiger partial charge in [0.25, 0.3) is 5.91 Å². The molecule has 2 heterocycles. The number of carbonyl (C=O) groups is 2. The molecule has 168 valence electrons. The molecule has 0 fully saturated rings. The number of nitrogens with one attached hydrogen (secondary N) is 1. The van der Waals surface area contributed by atoms with Gasteiger partial charge in [0.2, 0.25) is 5.91 Å². The van der Waals surface area contributed by atoms with Crippen LogP contribution in [0.25, 0.3) is 10.9 Å². The third-order valence-corrected chi connectivity index (χ3v) is 6.74. The van der Waals surface area contributed by atoms with Gasteiger partial charge >= 0.3 is 0 Å². The minimum atomic E-state index is -0.272. The molecule has 0 radical (unpaired) electrons. The van der Waals surface area contributed by atoms with E-state index in [9.17, 15) is 9.59 Å². The molecular weight excluding hydrogens is 398 g/mol. The van der Waals surface area contributed by atoms with Crippen LogP contribution in [0.15, 0.2) is 48.5 Å². The van der Waals surface area contributed by atoms with Crippen LogP contribution in [0, 0.1) is 6.92 Å². The van der Waals surface area contributed by atoms with Crippen LogP contribution in [0.1, 0.15) is 72.8 Å². The number of aromatic nitrogens is 1. The molecule has 1 aliphatic rings. The van der Waals surface area contributed by atoms with Crippen molar-refractivity contribution in [2.24, 2.45) is 7.05 Å². The maximum atomic E-state index is 13.4. The van der Waals surface area contributed by atoms with E-state index in [1.807, 2.05) is 43.3 Å². The molecule has 1 N–H and O–H groups in total. The highest BCUT2D eigenvalue weighted by atomic mass is 16.2. The van der Waals surface area contributed by atoms with E-state index in [2.05, 4.69) is 42.9 Å². The summed E-state index contributed by atoms with van der Waals surface area (Å²) in [6.45, 7) is 6.36. The number of hydrogen-bond acceptors (Lipinski definition) is 2. The van der Waals surface area contributed by atoms with Crippen molar-refractivity contribution in [1.82, 2.24) is 14.8 Å². The summed E-state index contributed by atoms with van der Waals surface area (Å²) in [4.78, 5) is 28.1. The van der Waals surface area contributed by atoms with Crippen LogP contribution in [0.5, 0.6) is 0 Å². The van der Waals surface area contributed by atoms with E-state index in [0.29, 0.717) is 5.56 Å². The van der Waals surface area contributed by atoms with Gasteiger partial charge in [0.15, 0.2) is 0 Å². The summed E-state index contributed by atoms with van der Waals surface area (Å²) in [5.41, 5.74) is 5.00. The molecule has 4 rings (SSSR count). The van der Waals surface area contributed by atoms with Gasteiger partial charge in [0.05, 0.1) is 6.04 Å². The molecular formula is C27H33N3O2. The summed E-state index contributed by atoms with van der Waals surface area (Å²) in [5.74, 6) is -0.176. The van der Waals surface area contributed by atoms with Gasteiger partial charge in [0, 0.05) is 40.8 Å². The van der Waals surface area contributed by atoms with E-state index in [-0.39, 0.29) is 30.4 Å². The Morgan fingerprint density at radius 2 is 1.81 bits per heavy atom. The normalized spacial score (nSPS) is 16.4. The molecule has 0 unspecified atom stereocenters. The van der Waals surface area contributed by atoms with Crippen LogP contribution in [0.3, 0.4) is 0 Å². The van der Waals surface area contributed by atoms with Crippen molar-refractivity contribution >= 4 is 22.7 Å².